The third-order valence-corrected chi connectivity index (χ3v) is 6.25. The number of hydrogen-bond acceptors (Lipinski definition) is 3. The first kappa shape index (κ1) is 16.7. The highest BCUT2D eigenvalue weighted by Gasteiger charge is 2.32. The van der Waals surface area contributed by atoms with Crippen molar-refractivity contribution < 1.29 is 12.8 Å². The van der Waals surface area contributed by atoms with Crippen LogP contribution in [0.3, 0.4) is 0 Å². The molecule has 0 saturated carbocycles. The number of hydrogen-bond donors (Lipinski definition) is 0. The molecule has 0 bridgehead atoms. The van der Waals surface area contributed by atoms with Gasteiger partial charge in [-0.2, -0.15) is 4.31 Å². The van der Waals surface area contributed by atoms with Crippen molar-refractivity contribution in [3.63, 3.8) is 0 Å². The van der Waals surface area contributed by atoms with Gasteiger partial charge in [0.15, 0.2) is 0 Å². The largest absolute Gasteiger partial charge is 0.303 e. The van der Waals surface area contributed by atoms with Crippen molar-refractivity contribution in [2.45, 2.75) is 30.7 Å². The van der Waals surface area contributed by atoms with Crippen LogP contribution in [0.5, 0.6) is 0 Å². The normalized spacial score (nSPS) is 18.3. The number of nitrogens with zero attached hydrogens (tertiary/aromatic N) is 2. The summed E-state index contributed by atoms with van der Waals surface area (Å²) in [5.74, 6) is -0.805. The Labute approximate surface area is 130 Å². The first-order valence-electron chi connectivity index (χ1n) is 7.01. The summed E-state index contributed by atoms with van der Waals surface area (Å²) in [6.07, 6.45) is 1.53. The van der Waals surface area contributed by atoms with Gasteiger partial charge in [-0.1, -0.05) is 18.5 Å². The fourth-order valence-electron chi connectivity index (χ4n) is 2.63. The van der Waals surface area contributed by atoms with Crippen LogP contribution >= 0.6 is 11.6 Å². The highest BCUT2D eigenvalue weighted by atomic mass is 35.5. The van der Waals surface area contributed by atoms with E-state index in [0.717, 1.165) is 38.5 Å². The third kappa shape index (κ3) is 3.56. The fraction of sp³-hybridized carbons (Fsp3) is 0.571. The van der Waals surface area contributed by atoms with Crippen molar-refractivity contribution in [2.75, 3.05) is 26.7 Å². The molecule has 0 N–H and O–H groups in total. The number of halogens is 2. The van der Waals surface area contributed by atoms with Gasteiger partial charge < -0.3 is 4.90 Å². The Morgan fingerprint density at radius 1 is 1.38 bits per heavy atom. The predicted molar refractivity (Wildman–Crippen MR) is 81.5 cm³/mol. The average Bonchev–Trinajstić information content (AvgIpc) is 2.46. The second-order valence-corrected chi connectivity index (χ2v) is 7.66. The van der Waals surface area contributed by atoms with Crippen LogP contribution in [0.15, 0.2) is 23.1 Å². The number of rotatable bonds is 4. The number of likely N-dealkylation sites (tertiary alicyclic amines) is 1. The maximum absolute atomic E-state index is 13.9. The van der Waals surface area contributed by atoms with Crippen molar-refractivity contribution >= 4 is 21.6 Å². The van der Waals surface area contributed by atoms with Gasteiger partial charge >= 0.3 is 0 Å². The van der Waals surface area contributed by atoms with E-state index in [0.29, 0.717) is 0 Å². The first-order chi connectivity index (χ1) is 9.86. The first-order valence-corrected chi connectivity index (χ1v) is 8.83. The Bertz CT molecular complexity index is 601. The van der Waals surface area contributed by atoms with E-state index in [9.17, 15) is 12.8 Å². The molecule has 2 rings (SSSR count). The molecule has 4 nitrogen and oxygen atoms in total. The zero-order chi connectivity index (χ0) is 15.6. The summed E-state index contributed by atoms with van der Waals surface area (Å²) in [5, 5.41) is 0.186. The second kappa shape index (κ2) is 6.60. The van der Waals surface area contributed by atoms with Crippen LogP contribution in [-0.2, 0) is 10.0 Å². The van der Waals surface area contributed by atoms with Crippen LogP contribution < -0.4 is 0 Å². The lowest BCUT2D eigenvalue weighted by atomic mass is 10.1. The molecule has 118 valence electrons. The molecule has 0 aliphatic carbocycles. The minimum atomic E-state index is -3.83. The van der Waals surface area contributed by atoms with Gasteiger partial charge in [0.25, 0.3) is 0 Å². The van der Waals surface area contributed by atoms with E-state index >= 15 is 0 Å². The number of piperidine rings is 1. The molecule has 21 heavy (non-hydrogen) atoms. The summed E-state index contributed by atoms with van der Waals surface area (Å²) in [7, 11) is -2.31. The predicted octanol–water partition coefficient (Wildman–Crippen LogP) is 2.58. The maximum atomic E-state index is 13.9. The van der Waals surface area contributed by atoms with Gasteiger partial charge in [0.1, 0.15) is 10.7 Å². The zero-order valence-corrected chi connectivity index (χ0v) is 13.8. The lowest BCUT2D eigenvalue weighted by Gasteiger charge is -2.35. The second-order valence-electron chi connectivity index (χ2n) is 5.26. The molecule has 1 aliphatic heterocycles. The molecule has 0 unspecified atom stereocenters. The highest BCUT2D eigenvalue weighted by molar-refractivity contribution is 7.89. The molecular formula is C14H20ClFN2O2S. The lowest BCUT2D eigenvalue weighted by molar-refractivity contribution is 0.176. The van der Waals surface area contributed by atoms with Gasteiger partial charge in [-0.25, -0.2) is 12.8 Å². The van der Waals surface area contributed by atoms with Crippen molar-refractivity contribution in [1.82, 2.24) is 9.21 Å². The Morgan fingerprint density at radius 3 is 2.52 bits per heavy atom. The van der Waals surface area contributed by atoms with E-state index in [-0.39, 0.29) is 16.0 Å². The SMILES string of the molecule is CCN1CCC(N(C)S(=O)(=O)c2ccc(Cl)cc2F)CC1. The zero-order valence-electron chi connectivity index (χ0n) is 12.2. The van der Waals surface area contributed by atoms with E-state index in [1.54, 1.807) is 0 Å². The molecule has 0 spiro atoms. The fourth-order valence-corrected chi connectivity index (χ4v) is 4.25. The summed E-state index contributed by atoms with van der Waals surface area (Å²) in [4.78, 5) is 1.96. The summed E-state index contributed by atoms with van der Waals surface area (Å²) < 4.78 is 40.3. The maximum Gasteiger partial charge on any atom is 0.245 e. The summed E-state index contributed by atoms with van der Waals surface area (Å²) in [5.41, 5.74) is 0. The molecule has 7 heteroatoms. The van der Waals surface area contributed by atoms with E-state index < -0.39 is 15.8 Å². The van der Waals surface area contributed by atoms with Gasteiger partial charge in [-0.3, -0.25) is 0 Å². The van der Waals surface area contributed by atoms with Crippen LogP contribution in [0.25, 0.3) is 0 Å². The topological polar surface area (TPSA) is 40.6 Å². The van der Waals surface area contributed by atoms with E-state index in [2.05, 4.69) is 11.8 Å². The van der Waals surface area contributed by atoms with Gasteiger partial charge in [-0.05, 0) is 50.7 Å². The molecule has 1 aromatic rings. The van der Waals surface area contributed by atoms with Crippen LogP contribution in [0.1, 0.15) is 19.8 Å². The minimum Gasteiger partial charge on any atom is -0.303 e. The minimum absolute atomic E-state index is 0.0899. The van der Waals surface area contributed by atoms with Gasteiger partial charge in [0.2, 0.25) is 10.0 Å². The summed E-state index contributed by atoms with van der Waals surface area (Å²) in [6, 6.07) is 3.56. The van der Waals surface area contributed by atoms with Crippen molar-refractivity contribution in [1.29, 1.82) is 0 Å². The third-order valence-electron chi connectivity index (χ3n) is 4.07. The smallest absolute Gasteiger partial charge is 0.245 e. The standard InChI is InChI=1S/C14H20ClFN2O2S/c1-3-18-8-6-12(7-9-18)17(2)21(19,20)14-5-4-11(15)10-13(14)16/h4-5,10,12H,3,6-9H2,1-2H3. The molecule has 1 fully saturated rings. The summed E-state index contributed by atoms with van der Waals surface area (Å²) in [6.45, 7) is 4.78. The lowest BCUT2D eigenvalue weighted by Crippen LogP contribution is -2.45. The summed E-state index contributed by atoms with van der Waals surface area (Å²) >= 11 is 5.67. The molecule has 1 saturated heterocycles. The Kier molecular flexibility index (Phi) is 5.24. The monoisotopic (exact) mass is 334 g/mol. The molecule has 0 aromatic heterocycles. The average molecular weight is 335 g/mol. The molecule has 0 atom stereocenters. The van der Waals surface area contributed by atoms with Gasteiger partial charge in [-0.15, -0.1) is 0 Å². The Morgan fingerprint density at radius 2 is 2.00 bits per heavy atom. The Hall–Kier alpha value is -0.690. The molecule has 1 aliphatic rings. The van der Waals surface area contributed by atoms with Gasteiger partial charge in [0, 0.05) is 18.1 Å². The highest BCUT2D eigenvalue weighted by Crippen LogP contribution is 2.25. The van der Waals surface area contributed by atoms with E-state index in [1.807, 2.05) is 0 Å². The molecule has 1 heterocycles. The van der Waals surface area contributed by atoms with Crippen LogP contribution in [0.2, 0.25) is 5.02 Å². The van der Waals surface area contributed by atoms with Crippen LogP contribution in [0.4, 0.5) is 4.39 Å². The van der Waals surface area contributed by atoms with E-state index in [4.69, 9.17) is 11.6 Å². The Balaban J connectivity index is 2.19. The molecular weight excluding hydrogens is 315 g/mol. The van der Waals surface area contributed by atoms with Gasteiger partial charge in [0.05, 0.1) is 0 Å². The van der Waals surface area contributed by atoms with E-state index in [1.165, 1.54) is 23.5 Å². The van der Waals surface area contributed by atoms with Crippen LogP contribution in [-0.4, -0.2) is 50.3 Å². The molecule has 0 amide bonds. The molecule has 1 aromatic carbocycles. The van der Waals surface area contributed by atoms with Crippen molar-refractivity contribution in [2.24, 2.45) is 0 Å². The number of benzene rings is 1. The quantitative estimate of drug-likeness (QED) is 0.849. The number of sulfonamides is 1. The van der Waals surface area contributed by atoms with Crippen molar-refractivity contribution in [3.05, 3.63) is 29.0 Å². The van der Waals surface area contributed by atoms with Crippen molar-refractivity contribution in [3.8, 4) is 0 Å². The van der Waals surface area contributed by atoms with Crippen LogP contribution in [0, 0.1) is 5.82 Å². The molecule has 0 radical (unpaired) electrons.